The van der Waals surface area contributed by atoms with Gasteiger partial charge in [0.2, 0.25) is 0 Å². The highest BCUT2D eigenvalue weighted by Crippen LogP contribution is 2.22. The van der Waals surface area contributed by atoms with Crippen LogP contribution in [0.4, 0.5) is 0 Å². The van der Waals surface area contributed by atoms with Gasteiger partial charge in [-0.1, -0.05) is 22.7 Å². The number of hydrogen-bond donors (Lipinski definition) is 0. The summed E-state index contributed by atoms with van der Waals surface area (Å²) in [6.45, 7) is 1.77. The maximum absolute atomic E-state index is 12.7. The molecular weight excluding hydrogens is 314 g/mol. The van der Waals surface area contributed by atoms with Crippen LogP contribution in [0.25, 0.3) is 0 Å². The summed E-state index contributed by atoms with van der Waals surface area (Å²) in [5, 5.41) is 5.57. The van der Waals surface area contributed by atoms with Crippen molar-refractivity contribution in [3.8, 4) is 5.75 Å². The van der Waals surface area contributed by atoms with Gasteiger partial charge in [-0.15, -0.1) is 5.10 Å². The lowest BCUT2D eigenvalue weighted by molar-refractivity contribution is 0.0501. The van der Waals surface area contributed by atoms with Gasteiger partial charge in [0.25, 0.3) is 5.91 Å². The molecule has 0 N–H and O–H groups in total. The lowest BCUT2D eigenvalue weighted by Crippen LogP contribution is -2.37. The Kier molecular flexibility index (Phi) is 5.19. The summed E-state index contributed by atoms with van der Waals surface area (Å²) in [7, 11) is 1.63. The van der Waals surface area contributed by atoms with Gasteiger partial charge in [-0.3, -0.25) is 4.79 Å². The first-order valence-corrected chi connectivity index (χ1v) is 8.41. The average molecular weight is 333 g/mol. The molecule has 0 spiro atoms. The Labute approximate surface area is 139 Å². The first kappa shape index (κ1) is 15.9. The van der Waals surface area contributed by atoms with E-state index in [0.717, 1.165) is 30.8 Å². The molecule has 0 unspecified atom stereocenters. The minimum absolute atomic E-state index is 0.0836. The average Bonchev–Trinajstić information content (AvgIpc) is 3.27. The molecule has 1 aliphatic rings. The lowest BCUT2D eigenvalue weighted by atomic mass is 10.1. The Bertz CT molecular complexity index is 642. The Hall–Kier alpha value is -1.99. The highest BCUT2D eigenvalue weighted by molar-refractivity contribution is 7.03. The number of amides is 1. The molecule has 0 radical (unpaired) electrons. The summed E-state index contributed by atoms with van der Waals surface area (Å²) in [5.74, 6) is 0.647. The van der Waals surface area contributed by atoms with Crippen LogP contribution in [0.1, 0.15) is 28.9 Å². The molecule has 1 aliphatic heterocycles. The van der Waals surface area contributed by atoms with E-state index in [1.807, 2.05) is 24.3 Å². The molecule has 1 fully saturated rings. The third-order valence-corrected chi connectivity index (χ3v) is 4.37. The van der Waals surface area contributed by atoms with Crippen molar-refractivity contribution in [2.75, 3.05) is 20.3 Å². The second-order valence-corrected chi connectivity index (χ2v) is 6.03. The van der Waals surface area contributed by atoms with Gasteiger partial charge in [-0.05, 0) is 30.4 Å². The van der Waals surface area contributed by atoms with Gasteiger partial charge >= 0.3 is 0 Å². The molecule has 0 aliphatic carbocycles. The molecule has 0 bridgehead atoms. The molecule has 3 rings (SSSR count). The van der Waals surface area contributed by atoms with Gasteiger partial charge in [0, 0.05) is 30.6 Å². The van der Waals surface area contributed by atoms with E-state index in [0.29, 0.717) is 18.8 Å². The zero-order valence-corrected chi connectivity index (χ0v) is 13.8. The molecular formula is C16H19N3O3S. The number of nitrogens with zero attached hydrogens (tertiary/aromatic N) is 3. The van der Waals surface area contributed by atoms with E-state index in [1.54, 1.807) is 17.4 Å². The summed E-state index contributed by atoms with van der Waals surface area (Å²) in [4.78, 5) is 14.5. The number of carbonyl (C=O) groups is 1. The number of ether oxygens (including phenoxy) is 2. The van der Waals surface area contributed by atoms with Crippen molar-refractivity contribution < 1.29 is 14.3 Å². The fourth-order valence-corrected chi connectivity index (χ4v) is 3.14. The van der Waals surface area contributed by atoms with Gasteiger partial charge in [0.05, 0.1) is 13.2 Å². The summed E-state index contributed by atoms with van der Waals surface area (Å²) in [6, 6.07) is 7.72. The van der Waals surface area contributed by atoms with Gasteiger partial charge in [-0.2, -0.15) is 0 Å². The zero-order chi connectivity index (χ0) is 16.1. The molecule has 1 amide bonds. The maximum Gasteiger partial charge on any atom is 0.275 e. The quantitative estimate of drug-likeness (QED) is 0.812. The first-order valence-electron chi connectivity index (χ1n) is 7.57. The van der Waals surface area contributed by atoms with E-state index in [9.17, 15) is 4.79 Å². The zero-order valence-electron chi connectivity index (χ0n) is 13.0. The predicted molar refractivity (Wildman–Crippen MR) is 86.6 cm³/mol. The van der Waals surface area contributed by atoms with Crippen LogP contribution in [0.2, 0.25) is 0 Å². The van der Waals surface area contributed by atoms with Crippen LogP contribution >= 0.6 is 11.5 Å². The summed E-state index contributed by atoms with van der Waals surface area (Å²) in [5.41, 5.74) is 1.34. The number of carbonyl (C=O) groups excluding carboxylic acids is 1. The van der Waals surface area contributed by atoms with E-state index >= 15 is 0 Å². The Morgan fingerprint density at radius 2 is 2.35 bits per heavy atom. The van der Waals surface area contributed by atoms with Crippen molar-refractivity contribution in [3.05, 3.63) is 40.9 Å². The van der Waals surface area contributed by atoms with Gasteiger partial charge in [0.1, 0.15) is 5.75 Å². The largest absolute Gasteiger partial charge is 0.496 e. The SMILES string of the molecule is COc1ccccc1CN(C[C@H]1CCCO1)C(=O)c1csnn1. The molecule has 6 nitrogen and oxygen atoms in total. The molecule has 122 valence electrons. The van der Waals surface area contributed by atoms with Crippen molar-refractivity contribution in [1.29, 1.82) is 0 Å². The van der Waals surface area contributed by atoms with Crippen molar-refractivity contribution >= 4 is 17.4 Å². The van der Waals surface area contributed by atoms with Gasteiger partial charge in [0.15, 0.2) is 5.69 Å². The minimum atomic E-state index is -0.125. The maximum atomic E-state index is 12.7. The number of aromatic nitrogens is 2. The fraction of sp³-hybridized carbons (Fsp3) is 0.438. The molecule has 1 saturated heterocycles. The Morgan fingerprint density at radius 3 is 3.04 bits per heavy atom. The second-order valence-electron chi connectivity index (χ2n) is 5.42. The van der Waals surface area contributed by atoms with E-state index in [1.165, 1.54) is 11.5 Å². The van der Waals surface area contributed by atoms with E-state index in [-0.39, 0.29) is 12.0 Å². The molecule has 1 atom stereocenters. The predicted octanol–water partition coefficient (Wildman–Crippen LogP) is 2.37. The Morgan fingerprint density at radius 1 is 1.48 bits per heavy atom. The van der Waals surface area contributed by atoms with Crippen LogP contribution in [0, 0.1) is 0 Å². The van der Waals surface area contributed by atoms with Crippen molar-refractivity contribution in [2.24, 2.45) is 0 Å². The molecule has 0 saturated carbocycles. The molecule has 1 aromatic heterocycles. The van der Waals surface area contributed by atoms with Crippen LogP contribution in [0.5, 0.6) is 5.75 Å². The number of methoxy groups -OCH3 is 1. The normalized spacial score (nSPS) is 17.2. The monoisotopic (exact) mass is 333 g/mol. The van der Waals surface area contributed by atoms with E-state index in [4.69, 9.17) is 9.47 Å². The number of para-hydroxylation sites is 1. The number of hydrogen-bond acceptors (Lipinski definition) is 6. The molecule has 7 heteroatoms. The van der Waals surface area contributed by atoms with Gasteiger partial charge in [-0.25, -0.2) is 0 Å². The third kappa shape index (κ3) is 3.86. The topological polar surface area (TPSA) is 64.6 Å². The number of benzene rings is 1. The second kappa shape index (κ2) is 7.52. The fourth-order valence-electron chi connectivity index (χ4n) is 2.71. The van der Waals surface area contributed by atoms with Crippen LogP contribution in [-0.4, -0.2) is 46.8 Å². The highest BCUT2D eigenvalue weighted by atomic mass is 32.1. The molecule has 1 aromatic carbocycles. The van der Waals surface area contributed by atoms with Crippen LogP contribution in [-0.2, 0) is 11.3 Å². The third-order valence-electron chi connectivity index (χ3n) is 3.87. The minimum Gasteiger partial charge on any atom is -0.496 e. The van der Waals surface area contributed by atoms with E-state index < -0.39 is 0 Å². The van der Waals surface area contributed by atoms with Crippen LogP contribution in [0.3, 0.4) is 0 Å². The summed E-state index contributed by atoms with van der Waals surface area (Å²) >= 11 is 1.18. The molecule has 2 heterocycles. The molecule has 23 heavy (non-hydrogen) atoms. The smallest absolute Gasteiger partial charge is 0.275 e. The van der Waals surface area contributed by atoms with E-state index in [2.05, 4.69) is 9.59 Å². The number of rotatable bonds is 6. The van der Waals surface area contributed by atoms with Crippen molar-refractivity contribution in [1.82, 2.24) is 14.5 Å². The highest BCUT2D eigenvalue weighted by Gasteiger charge is 2.25. The van der Waals surface area contributed by atoms with Crippen molar-refractivity contribution in [3.63, 3.8) is 0 Å². The van der Waals surface area contributed by atoms with Gasteiger partial charge < -0.3 is 14.4 Å². The van der Waals surface area contributed by atoms with Crippen LogP contribution in [0.15, 0.2) is 29.6 Å². The van der Waals surface area contributed by atoms with Crippen LogP contribution < -0.4 is 4.74 Å². The first-order chi connectivity index (χ1) is 11.3. The lowest BCUT2D eigenvalue weighted by Gasteiger charge is -2.25. The molecule has 2 aromatic rings. The Balaban J connectivity index is 1.80. The van der Waals surface area contributed by atoms with Crippen molar-refractivity contribution in [2.45, 2.75) is 25.5 Å². The standard InChI is InChI=1S/C16H19N3O3S/c1-21-15-7-3-2-5-12(15)9-19(10-13-6-4-8-22-13)16(20)14-11-23-18-17-14/h2-3,5,7,11,13H,4,6,8-10H2,1H3/t13-/m1/s1. The summed E-state index contributed by atoms with van der Waals surface area (Å²) in [6.07, 6.45) is 2.10. The summed E-state index contributed by atoms with van der Waals surface area (Å²) < 4.78 is 14.9.